The summed E-state index contributed by atoms with van der Waals surface area (Å²) in [6.45, 7) is 2.58. The minimum atomic E-state index is -0.361. The van der Waals surface area contributed by atoms with E-state index in [2.05, 4.69) is 46.9 Å². The second-order valence-electron chi connectivity index (χ2n) is 4.94. The van der Waals surface area contributed by atoms with Crippen LogP contribution >= 0.6 is 22.6 Å². The molecule has 1 unspecified atom stereocenters. The van der Waals surface area contributed by atoms with E-state index >= 15 is 0 Å². The summed E-state index contributed by atoms with van der Waals surface area (Å²) in [5.41, 5.74) is 2.34. The fourth-order valence-electron chi connectivity index (χ4n) is 2.01. The van der Waals surface area contributed by atoms with Gasteiger partial charge in [-0.25, -0.2) is 0 Å². The summed E-state index contributed by atoms with van der Waals surface area (Å²) >= 11 is 2.28. The molecule has 0 heterocycles. The third-order valence-corrected chi connectivity index (χ3v) is 3.81. The Labute approximate surface area is 133 Å². The first-order valence-corrected chi connectivity index (χ1v) is 7.83. The number of aliphatic hydroxyl groups is 1. The van der Waals surface area contributed by atoms with Crippen LogP contribution in [0.2, 0.25) is 0 Å². The first kappa shape index (κ1) is 15.3. The Bertz CT molecular complexity index is 537. The van der Waals surface area contributed by atoms with Crippen molar-refractivity contribution in [3.8, 4) is 5.75 Å². The van der Waals surface area contributed by atoms with E-state index in [0.29, 0.717) is 19.4 Å². The average Bonchev–Trinajstić information content (AvgIpc) is 2.41. The van der Waals surface area contributed by atoms with Crippen molar-refractivity contribution in [2.75, 3.05) is 6.61 Å². The van der Waals surface area contributed by atoms with Crippen molar-refractivity contribution in [2.24, 2.45) is 0 Å². The molecule has 2 rings (SSSR count). The topological polar surface area (TPSA) is 29.5 Å². The third-order valence-electron chi connectivity index (χ3n) is 3.09. The predicted octanol–water partition coefficient (Wildman–Crippen LogP) is 3.97. The van der Waals surface area contributed by atoms with E-state index in [1.165, 1.54) is 9.13 Å². The van der Waals surface area contributed by atoms with Gasteiger partial charge in [0.1, 0.15) is 5.75 Å². The van der Waals surface area contributed by atoms with Gasteiger partial charge in [0, 0.05) is 9.99 Å². The van der Waals surface area contributed by atoms with Crippen molar-refractivity contribution < 1.29 is 9.84 Å². The van der Waals surface area contributed by atoms with E-state index in [4.69, 9.17) is 4.74 Å². The van der Waals surface area contributed by atoms with E-state index in [-0.39, 0.29) is 6.10 Å². The van der Waals surface area contributed by atoms with E-state index in [9.17, 15) is 5.11 Å². The quantitative estimate of drug-likeness (QED) is 0.767. The predicted molar refractivity (Wildman–Crippen MR) is 90.2 cm³/mol. The fraction of sp³-hybridized carbons (Fsp3) is 0.294. The Kier molecular flexibility index (Phi) is 5.86. The summed E-state index contributed by atoms with van der Waals surface area (Å²) in [5, 5.41) is 10.0. The minimum absolute atomic E-state index is 0.361. The Hall–Kier alpha value is -1.07. The van der Waals surface area contributed by atoms with Gasteiger partial charge in [0.15, 0.2) is 0 Å². The molecule has 0 radical (unpaired) electrons. The first-order valence-electron chi connectivity index (χ1n) is 6.75. The van der Waals surface area contributed by atoms with Crippen LogP contribution in [0.15, 0.2) is 48.5 Å². The Balaban J connectivity index is 1.75. The molecule has 0 spiro atoms. The monoisotopic (exact) mass is 382 g/mol. The summed E-state index contributed by atoms with van der Waals surface area (Å²) in [6, 6.07) is 16.2. The molecule has 20 heavy (non-hydrogen) atoms. The fourth-order valence-corrected chi connectivity index (χ4v) is 2.37. The van der Waals surface area contributed by atoms with E-state index in [1.807, 2.05) is 31.2 Å². The Morgan fingerprint density at radius 2 is 1.90 bits per heavy atom. The van der Waals surface area contributed by atoms with Crippen molar-refractivity contribution in [1.82, 2.24) is 0 Å². The maximum absolute atomic E-state index is 10.0. The second-order valence-corrected chi connectivity index (χ2v) is 6.18. The molecule has 0 aromatic heterocycles. The van der Waals surface area contributed by atoms with Crippen molar-refractivity contribution in [3.63, 3.8) is 0 Å². The standard InChI is InChI=1S/C17H19IO2/c1-13-3-2-4-17(11-13)20-10-9-16(19)12-14-5-7-15(18)8-6-14/h2-8,11,16,19H,9-10,12H2,1H3. The lowest BCUT2D eigenvalue weighted by atomic mass is 10.1. The highest BCUT2D eigenvalue weighted by atomic mass is 127. The van der Waals surface area contributed by atoms with Gasteiger partial charge in [-0.15, -0.1) is 0 Å². The molecule has 2 aromatic rings. The molecule has 0 fully saturated rings. The number of aliphatic hydroxyl groups excluding tert-OH is 1. The van der Waals surface area contributed by atoms with Crippen LogP contribution in [-0.2, 0) is 6.42 Å². The molecule has 0 saturated heterocycles. The number of ether oxygens (including phenoxy) is 1. The lowest BCUT2D eigenvalue weighted by Crippen LogP contribution is -2.14. The van der Waals surface area contributed by atoms with Gasteiger partial charge in [-0.05, 0) is 71.3 Å². The summed E-state index contributed by atoms with van der Waals surface area (Å²) in [6.07, 6.45) is 0.952. The molecule has 0 aliphatic carbocycles. The molecule has 1 atom stereocenters. The van der Waals surface area contributed by atoms with Gasteiger partial charge in [-0.1, -0.05) is 24.3 Å². The van der Waals surface area contributed by atoms with Gasteiger partial charge >= 0.3 is 0 Å². The number of rotatable bonds is 6. The number of hydrogen-bond donors (Lipinski definition) is 1. The second kappa shape index (κ2) is 7.64. The number of benzene rings is 2. The highest BCUT2D eigenvalue weighted by molar-refractivity contribution is 14.1. The van der Waals surface area contributed by atoms with Crippen molar-refractivity contribution in [1.29, 1.82) is 0 Å². The summed E-state index contributed by atoms with van der Waals surface area (Å²) in [4.78, 5) is 0. The minimum Gasteiger partial charge on any atom is -0.493 e. The van der Waals surface area contributed by atoms with Crippen molar-refractivity contribution in [2.45, 2.75) is 25.9 Å². The lowest BCUT2D eigenvalue weighted by Gasteiger charge is -2.12. The molecule has 2 nitrogen and oxygen atoms in total. The molecule has 0 aliphatic rings. The molecular formula is C17H19IO2. The summed E-state index contributed by atoms with van der Waals surface area (Å²) < 4.78 is 6.86. The highest BCUT2D eigenvalue weighted by Gasteiger charge is 2.06. The normalized spacial score (nSPS) is 12.2. The van der Waals surface area contributed by atoms with E-state index in [0.717, 1.165) is 11.3 Å². The van der Waals surface area contributed by atoms with Crippen LogP contribution in [0.5, 0.6) is 5.75 Å². The van der Waals surface area contributed by atoms with Crippen LogP contribution in [0.4, 0.5) is 0 Å². The van der Waals surface area contributed by atoms with Gasteiger partial charge in [-0.3, -0.25) is 0 Å². The van der Waals surface area contributed by atoms with Gasteiger partial charge in [0.25, 0.3) is 0 Å². The third kappa shape index (κ3) is 5.13. The molecule has 0 saturated carbocycles. The highest BCUT2D eigenvalue weighted by Crippen LogP contribution is 2.14. The Morgan fingerprint density at radius 3 is 2.60 bits per heavy atom. The van der Waals surface area contributed by atoms with Crippen LogP contribution in [-0.4, -0.2) is 17.8 Å². The van der Waals surface area contributed by atoms with Gasteiger partial charge in [0.2, 0.25) is 0 Å². The number of hydrogen-bond acceptors (Lipinski definition) is 2. The van der Waals surface area contributed by atoms with Crippen LogP contribution in [0.1, 0.15) is 17.5 Å². The number of aryl methyl sites for hydroxylation is 1. The maximum Gasteiger partial charge on any atom is 0.119 e. The SMILES string of the molecule is Cc1cccc(OCCC(O)Cc2ccc(I)cc2)c1. The lowest BCUT2D eigenvalue weighted by molar-refractivity contribution is 0.139. The molecule has 0 amide bonds. The van der Waals surface area contributed by atoms with Crippen LogP contribution in [0, 0.1) is 10.5 Å². The molecule has 1 N–H and O–H groups in total. The van der Waals surface area contributed by atoms with Crippen LogP contribution in [0.3, 0.4) is 0 Å². The molecule has 0 aliphatic heterocycles. The smallest absolute Gasteiger partial charge is 0.119 e. The van der Waals surface area contributed by atoms with Crippen LogP contribution < -0.4 is 4.74 Å². The molecule has 2 aromatic carbocycles. The zero-order valence-corrected chi connectivity index (χ0v) is 13.7. The maximum atomic E-state index is 10.0. The Morgan fingerprint density at radius 1 is 1.15 bits per heavy atom. The zero-order valence-electron chi connectivity index (χ0n) is 11.6. The van der Waals surface area contributed by atoms with Gasteiger partial charge < -0.3 is 9.84 Å². The van der Waals surface area contributed by atoms with Crippen molar-refractivity contribution >= 4 is 22.6 Å². The number of halogens is 1. The molecule has 106 valence electrons. The van der Waals surface area contributed by atoms with Crippen LogP contribution in [0.25, 0.3) is 0 Å². The van der Waals surface area contributed by atoms with E-state index < -0.39 is 0 Å². The molecule has 0 bridgehead atoms. The summed E-state index contributed by atoms with van der Waals surface area (Å²) in [5.74, 6) is 0.867. The van der Waals surface area contributed by atoms with Crippen molar-refractivity contribution in [3.05, 3.63) is 63.2 Å². The zero-order chi connectivity index (χ0) is 14.4. The average molecular weight is 382 g/mol. The largest absolute Gasteiger partial charge is 0.493 e. The van der Waals surface area contributed by atoms with Gasteiger partial charge in [0.05, 0.1) is 12.7 Å². The summed E-state index contributed by atoms with van der Waals surface area (Å²) in [7, 11) is 0. The molecule has 3 heteroatoms. The molecular weight excluding hydrogens is 363 g/mol. The van der Waals surface area contributed by atoms with Gasteiger partial charge in [-0.2, -0.15) is 0 Å². The first-order chi connectivity index (χ1) is 9.63. The van der Waals surface area contributed by atoms with E-state index in [1.54, 1.807) is 0 Å².